The molecule has 7 nitrogen and oxygen atoms in total. The second-order valence-corrected chi connectivity index (χ2v) is 10.4. The van der Waals surface area contributed by atoms with Gasteiger partial charge in [-0.1, -0.05) is 12.1 Å². The largest absolute Gasteiger partial charge is 0.444 e. The Morgan fingerprint density at radius 2 is 2.00 bits per heavy atom. The Bertz CT molecular complexity index is 1280. The number of piperidine rings is 1. The molecule has 1 amide bonds. The number of carbonyl (C=O) groups excluding carboxylic acids is 1. The van der Waals surface area contributed by atoms with Gasteiger partial charge in [-0.2, -0.15) is 0 Å². The Labute approximate surface area is 203 Å². The number of fused-ring (bicyclic) bond motifs is 1. The van der Waals surface area contributed by atoms with Crippen LogP contribution in [-0.2, 0) is 4.74 Å². The molecule has 2 N–H and O–H groups in total. The van der Waals surface area contributed by atoms with Crippen molar-refractivity contribution >= 4 is 39.8 Å². The van der Waals surface area contributed by atoms with Gasteiger partial charge in [-0.3, -0.25) is 0 Å². The highest BCUT2D eigenvalue weighted by Gasteiger charge is 2.28. The van der Waals surface area contributed by atoms with Crippen molar-refractivity contribution in [2.75, 3.05) is 18.4 Å². The van der Waals surface area contributed by atoms with Gasteiger partial charge in [-0.15, -0.1) is 11.3 Å². The minimum absolute atomic E-state index is 0.226. The SMILES string of the molecule is CC(C)(C)OC(=O)N1CCC(c2cc3c(Nc4cccc(-c5cscn5)c4)ccnc3[nH]2)CC1. The van der Waals surface area contributed by atoms with Gasteiger partial charge in [-0.05, 0) is 57.9 Å². The van der Waals surface area contributed by atoms with Crippen LogP contribution in [0, 0.1) is 0 Å². The van der Waals surface area contributed by atoms with Crippen LogP contribution in [0.25, 0.3) is 22.3 Å². The predicted octanol–water partition coefficient (Wildman–Crippen LogP) is 6.54. The Hall–Kier alpha value is -3.39. The topological polar surface area (TPSA) is 83.1 Å². The first-order chi connectivity index (χ1) is 16.4. The molecule has 1 aliphatic rings. The number of aromatic amines is 1. The van der Waals surface area contributed by atoms with E-state index in [0.29, 0.717) is 19.0 Å². The molecule has 0 spiro atoms. The molecular weight excluding hydrogens is 446 g/mol. The number of ether oxygens (including phenoxy) is 1. The van der Waals surface area contributed by atoms with E-state index in [-0.39, 0.29) is 6.09 Å². The molecule has 0 bridgehead atoms. The molecule has 1 saturated heterocycles. The van der Waals surface area contributed by atoms with Crippen LogP contribution in [0.4, 0.5) is 16.2 Å². The first kappa shape index (κ1) is 22.4. The van der Waals surface area contributed by atoms with Crippen LogP contribution < -0.4 is 5.32 Å². The van der Waals surface area contributed by atoms with Gasteiger partial charge in [0.15, 0.2) is 0 Å². The van der Waals surface area contributed by atoms with Gasteiger partial charge in [0.25, 0.3) is 0 Å². The van der Waals surface area contributed by atoms with Gasteiger partial charge in [-0.25, -0.2) is 14.8 Å². The van der Waals surface area contributed by atoms with Crippen LogP contribution in [0.1, 0.15) is 45.2 Å². The van der Waals surface area contributed by atoms with Gasteiger partial charge in [0.1, 0.15) is 11.2 Å². The number of rotatable bonds is 4. The fourth-order valence-electron chi connectivity index (χ4n) is 4.34. The molecule has 0 saturated carbocycles. The molecule has 4 heterocycles. The fraction of sp³-hybridized carbons (Fsp3) is 0.346. The van der Waals surface area contributed by atoms with Crippen LogP contribution in [0.3, 0.4) is 0 Å². The average molecular weight is 476 g/mol. The number of hydrogen-bond donors (Lipinski definition) is 2. The second-order valence-electron chi connectivity index (χ2n) is 9.67. The van der Waals surface area contributed by atoms with Crippen molar-refractivity contribution in [3.8, 4) is 11.3 Å². The quantitative estimate of drug-likeness (QED) is 0.350. The van der Waals surface area contributed by atoms with Gasteiger partial charge in [0.05, 0.1) is 16.9 Å². The van der Waals surface area contributed by atoms with Crippen molar-refractivity contribution in [3.05, 3.63) is 59.2 Å². The summed E-state index contributed by atoms with van der Waals surface area (Å²) in [6.07, 6.45) is 3.38. The number of pyridine rings is 1. The maximum absolute atomic E-state index is 12.4. The summed E-state index contributed by atoms with van der Waals surface area (Å²) >= 11 is 1.59. The number of anilines is 2. The van der Waals surface area contributed by atoms with E-state index < -0.39 is 5.60 Å². The molecule has 176 valence electrons. The number of thiazole rings is 1. The Morgan fingerprint density at radius 3 is 2.74 bits per heavy atom. The maximum atomic E-state index is 12.4. The number of hydrogen-bond acceptors (Lipinski definition) is 6. The number of nitrogens with one attached hydrogen (secondary N) is 2. The molecule has 1 aliphatic heterocycles. The fourth-order valence-corrected chi connectivity index (χ4v) is 4.90. The third kappa shape index (κ3) is 4.92. The van der Waals surface area contributed by atoms with Crippen molar-refractivity contribution < 1.29 is 9.53 Å². The summed E-state index contributed by atoms with van der Waals surface area (Å²) in [4.78, 5) is 26.7. The van der Waals surface area contributed by atoms with E-state index in [1.807, 2.05) is 49.5 Å². The summed E-state index contributed by atoms with van der Waals surface area (Å²) in [7, 11) is 0. The first-order valence-electron chi connectivity index (χ1n) is 11.6. The highest BCUT2D eigenvalue weighted by molar-refractivity contribution is 7.07. The Morgan fingerprint density at radius 1 is 1.18 bits per heavy atom. The number of carbonyl (C=O) groups is 1. The van der Waals surface area contributed by atoms with Crippen molar-refractivity contribution in [1.82, 2.24) is 19.9 Å². The van der Waals surface area contributed by atoms with Crippen LogP contribution in [0.15, 0.2) is 53.5 Å². The van der Waals surface area contributed by atoms with Gasteiger partial charge < -0.3 is 19.9 Å². The number of nitrogens with zero attached hydrogens (tertiary/aromatic N) is 3. The number of amides is 1. The molecule has 0 unspecified atom stereocenters. The summed E-state index contributed by atoms with van der Waals surface area (Å²) in [5.41, 5.74) is 7.49. The lowest BCUT2D eigenvalue weighted by Gasteiger charge is -2.33. The van der Waals surface area contributed by atoms with E-state index in [1.54, 1.807) is 11.3 Å². The molecule has 3 aromatic heterocycles. The lowest BCUT2D eigenvalue weighted by Crippen LogP contribution is -2.41. The molecule has 0 aliphatic carbocycles. The molecule has 0 atom stereocenters. The van der Waals surface area contributed by atoms with Crippen molar-refractivity contribution in [2.24, 2.45) is 0 Å². The van der Waals surface area contributed by atoms with Crippen molar-refractivity contribution in [1.29, 1.82) is 0 Å². The molecule has 1 aromatic carbocycles. The zero-order chi connectivity index (χ0) is 23.7. The molecule has 1 fully saturated rings. The highest BCUT2D eigenvalue weighted by Crippen LogP contribution is 2.33. The van der Waals surface area contributed by atoms with Crippen molar-refractivity contribution in [3.63, 3.8) is 0 Å². The van der Waals surface area contributed by atoms with Crippen LogP contribution in [0.5, 0.6) is 0 Å². The minimum atomic E-state index is -0.472. The van der Waals surface area contributed by atoms with Gasteiger partial charge in [0, 0.05) is 52.9 Å². The molecular formula is C26H29N5O2S. The van der Waals surface area contributed by atoms with E-state index in [0.717, 1.165) is 52.2 Å². The predicted molar refractivity (Wildman–Crippen MR) is 137 cm³/mol. The van der Waals surface area contributed by atoms with E-state index in [2.05, 4.69) is 49.9 Å². The monoisotopic (exact) mass is 475 g/mol. The first-order valence-corrected chi connectivity index (χ1v) is 12.5. The van der Waals surface area contributed by atoms with E-state index in [1.165, 1.54) is 0 Å². The van der Waals surface area contributed by atoms with E-state index >= 15 is 0 Å². The molecule has 34 heavy (non-hydrogen) atoms. The van der Waals surface area contributed by atoms with Gasteiger partial charge in [0.2, 0.25) is 0 Å². The number of H-pyrrole nitrogens is 1. The molecule has 0 radical (unpaired) electrons. The Kier molecular flexibility index (Phi) is 6.00. The molecule has 8 heteroatoms. The molecule has 5 rings (SSSR count). The summed E-state index contributed by atoms with van der Waals surface area (Å²) in [6, 6.07) is 12.5. The summed E-state index contributed by atoms with van der Waals surface area (Å²) < 4.78 is 5.53. The third-order valence-electron chi connectivity index (χ3n) is 6.01. The lowest BCUT2D eigenvalue weighted by molar-refractivity contribution is 0.0204. The van der Waals surface area contributed by atoms with Crippen LogP contribution in [0.2, 0.25) is 0 Å². The standard InChI is InChI=1S/C26H29N5O2S/c1-26(2,3)33-25(32)31-11-8-17(9-12-31)22-14-20-21(7-10-27-24(20)30-22)29-19-6-4-5-18(13-19)23-15-34-16-28-23/h4-7,10,13-17H,8-9,11-12H2,1-3H3,(H2,27,29,30). The smallest absolute Gasteiger partial charge is 0.410 e. The summed E-state index contributed by atoms with van der Waals surface area (Å²) in [6.45, 7) is 7.08. The number of likely N-dealkylation sites (tertiary alicyclic amines) is 1. The average Bonchev–Trinajstić information content (AvgIpc) is 3.49. The normalized spacial score (nSPS) is 15.0. The summed E-state index contributed by atoms with van der Waals surface area (Å²) in [5.74, 6) is 0.355. The molecule has 4 aromatic rings. The second kappa shape index (κ2) is 9.10. The number of aromatic nitrogens is 3. The number of benzene rings is 1. The zero-order valence-electron chi connectivity index (χ0n) is 19.7. The van der Waals surface area contributed by atoms with Crippen LogP contribution in [-0.4, -0.2) is 44.6 Å². The third-order valence-corrected chi connectivity index (χ3v) is 6.60. The summed E-state index contributed by atoms with van der Waals surface area (Å²) in [5, 5.41) is 6.67. The lowest BCUT2D eigenvalue weighted by atomic mass is 9.94. The van der Waals surface area contributed by atoms with E-state index in [4.69, 9.17) is 4.74 Å². The zero-order valence-corrected chi connectivity index (χ0v) is 20.5. The van der Waals surface area contributed by atoms with Crippen molar-refractivity contribution in [2.45, 2.75) is 45.1 Å². The van der Waals surface area contributed by atoms with Crippen LogP contribution >= 0.6 is 11.3 Å². The Balaban J connectivity index is 1.31. The maximum Gasteiger partial charge on any atom is 0.410 e. The van der Waals surface area contributed by atoms with Gasteiger partial charge >= 0.3 is 6.09 Å². The minimum Gasteiger partial charge on any atom is -0.444 e. The highest BCUT2D eigenvalue weighted by atomic mass is 32.1. The van der Waals surface area contributed by atoms with E-state index in [9.17, 15) is 4.79 Å².